The third-order valence-corrected chi connectivity index (χ3v) is 5.58. The van der Waals surface area contributed by atoms with Crippen molar-refractivity contribution in [2.24, 2.45) is 5.92 Å². The van der Waals surface area contributed by atoms with Gasteiger partial charge in [0.1, 0.15) is 0 Å². The number of rotatable bonds is 4. The van der Waals surface area contributed by atoms with Gasteiger partial charge in [-0.25, -0.2) is 0 Å². The van der Waals surface area contributed by atoms with Crippen LogP contribution in [-0.2, 0) is 12.8 Å². The molecule has 0 radical (unpaired) electrons. The molecule has 1 amide bonds. The Labute approximate surface area is 158 Å². The number of carbonyl (C=O) groups excluding carboxylic acids is 1. The number of benzene rings is 1. The molecule has 0 aliphatic carbocycles. The molecule has 1 aliphatic heterocycles. The smallest absolute Gasteiger partial charge is 0.274 e. The molecule has 6 heteroatoms. The first kappa shape index (κ1) is 17.7. The van der Waals surface area contributed by atoms with E-state index in [9.17, 15) is 9.90 Å². The van der Waals surface area contributed by atoms with Gasteiger partial charge >= 0.3 is 0 Å². The maximum absolute atomic E-state index is 12.9. The van der Waals surface area contributed by atoms with Crippen molar-refractivity contribution in [3.05, 3.63) is 59.0 Å². The normalized spacial score (nSPS) is 19.7. The Morgan fingerprint density at radius 2 is 2.11 bits per heavy atom. The number of hydrogen-bond donors (Lipinski definition) is 2. The molecule has 27 heavy (non-hydrogen) atoms. The lowest BCUT2D eigenvalue weighted by Gasteiger charge is -2.16. The number of H-pyrrole nitrogens is 1. The number of amides is 1. The summed E-state index contributed by atoms with van der Waals surface area (Å²) in [5.74, 6) is -0.103. The van der Waals surface area contributed by atoms with Crippen molar-refractivity contribution >= 4 is 16.8 Å². The molecule has 1 fully saturated rings. The van der Waals surface area contributed by atoms with E-state index in [0.29, 0.717) is 25.2 Å². The predicted molar refractivity (Wildman–Crippen MR) is 104 cm³/mol. The number of aliphatic hydroxyl groups is 1. The standard InChI is InChI=1S/C21H24N4O2/c1-3-17-13(2)20(24-23-17)21(27)25-11-15(19(26)12-25)10-14-8-9-22-18-7-5-4-6-16(14)18/h4-9,15,19,26H,3,10-12H2,1-2H3,(H,23,24). The molecule has 2 atom stereocenters. The zero-order valence-electron chi connectivity index (χ0n) is 15.6. The fourth-order valence-electron chi connectivity index (χ4n) is 3.97. The van der Waals surface area contributed by atoms with Crippen LogP contribution in [0.5, 0.6) is 0 Å². The molecule has 0 spiro atoms. The molecule has 1 saturated heterocycles. The zero-order valence-corrected chi connectivity index (χ0v) is 15.6. The van der Waals surface area contributed by atoms with Gasteiger partial charge in [0.2, 0.25) is 0 Å². The lowest BCUT2D eigenvalue weighted by Crippen LogP contribution is -2.30. The molecular formula is C21H24N4O2. The van der Waals surface area contributed by atoms with Gasteiger partial charge in [-0.3, -0.25) is 14.9 Å². The lowest BCUT2D eigenvalue weighted by molar-refractivity contribution is 0.0758. The largest absolute Gasteiger partial charge is 0.391 e. The van der Waals surface area contributed by atoms with E-state index < -0.39 is 6.10 Å². The lowest BCUT2D eigenvalue weighted by atomic mass is 9.94. The number of aryl methyl sites for hydroxylation is 1. The van der Waals surface area contributed by atoms with Crippen LogP contribution in [0.25, 0.3) is 10.9 Å². The first-order valence-electron chi connectivity index (χ1n) is 9.42. The van der Waals surface area contributed by atoms with E-state index >= 15 is 0 Å². The summed E-state index contributed by atoms with van der Waals surface area (Å²) in [6.45, 7) is 4.83. The Morgan fingerprint density at radius 3 is 2.89 bits per heavy atom. The van der Waals surface area contributed by atoms with E-state index in [4.69, 9.17) is 0 Å². The zero-order chi connectivity index (χ0) is 19.0. The average Bonchev–Trinajstić information content (AvgIpc) is 3.24. The van der Waals surface area contributed by atoms with E-state index in [0.717, 1.165) is 34.1 Å². The fraction of sp³-hybridized carbons (Fsp3) is 0.381. The van der Waals surface area contributed by atoms with Crippen molar-refractivity contribution < 1.29 is 9.90 Å². The molecule has 1 aromatic carbocycles. The van der Waals surface area contributed by atoms with Gasteiger partial charge in [0, 0.05) is 41.8 Å². The summed E-state index contributed by atoms with van der Waals surface area (Å²) in [4.78, 5) is 19.0. The van der Waals surface area contributed by atoms with Crippen LogP contribution in [0.4, 0.5) is 0 Å². The molecule has 140 valence electrons. The van der Waals surface area contributed by atoms with Crippen LogP contribution >= 0.6 is 0 Å². The number of pyridine rings is 1. The number of likely N-dealkylation sites (tertiary alicyclic amines) is 1. The van der Waals surface area contributed by atoms with Crippen molar-refractivity contribution in [3.63, 3.8) is 0 Å². The Kier molecular flexibility index (Phi) is 4.66. The van der Waals surface area contributed by atoms with Gasteiger partial charge in [-0.2, -0.15) is 5.10 Å². The molecule has 2 unspecified atom stereocenters. The first-order chi connectivity index (χ1) is 13.1. The van der Waals surface area contributed by atoms with Crippen LogP contribution in [0.2, 0.25) is 0 Å². The van der Waals surface area contributed by atoms with Gasteiger partial charge in [-0.1, -0.05) is 25.1 Å². The van der Waals surface area contributed by atoms with Crippen LogP contribution in [0, 0.1) is 12.8 Å². The van der Waals surface area contributed by atoms with Crippen molar-refractivity contribution in [2.75, 3.05) is 13.1 Å². The van der Waals surface area contributed by atoms with Crippen molar-refractivity contribution in [1.29, 1.82) is 0 Å². The molecular weight excluding hydrogens is 340 g/mol. The summed E-state index contributed by atoms with van der Waals surface area (Å²) in [5.41, 5.74) is 4.46. The van der Waals surface area contributed by atoms with E-state index in [1.807, 2.05) is 38.1 Å². The van der Waals surface area contributed by atoms with E-state index in [2.05, 4.69) is 21.2 Å². The van der Waals surface area contributed by atoms with Gasteiger partial charge in [0.05, 0.1) is 11.6 Å². The summed E-state index contributed by atoms with van der Waals surface area (Å²) in [6.07, 6.45) is 2.80. The van der Waals surface area contributed by atoms with Gasteiger partial charge in [-0.05, 0) is 37.5 Å². The number of aromatic amines is 1. The molecule has 2 aromatic heterocycles. The number of nitrogens with one attached hydrogen (secondary N) is 1. The first-order valence-corrected chi connectivity index (χ1v) is 9.42. The number of fused-ring (bicyclic) bond motifs is 1. The maximum atomic E-state index is 12.9. The predicted octanol–water partition coefficient (Wildman–Crippen LogP) is 2.50. The summed E-state index contributed by atoms with van der Waals surface area (Å²) in [7, 11) is 0. The highest BCUT2D eigenvalue weighted by Crippen LogP contribution is 2.26. The van der Waals surface area contributed by atoms with E-state index in [1.165, 1.54) is 0 Å². The molecule has 6 nitrogen and oxygen atoms in total. The minimum absolute atomic E-state index is 0.00431. The van der Waals surface area contributed by atoms with Crippen LogP contribution in [0.1, 0.15) is 34.2 Å². The third-order valence-electron chi connectivity index (χ3n) is 5.58. The van der Waals surface area contributed by atoms with Crippen LogP contribution in [0.15, 0.2) is 36.5 Å². The van der Waals surface area contributed by atoms with E-state index in [1.54, 1.807) is 11.1 Å². The molecule has 4 rings (SSSR count). The Bertz CT molecular complexity index is 976. The van der Waals surface area contributed by atoms with E-state index in [-0.39, 0.29) is 11.8 Å². The van der Waals surface area contributed by atoms with Gasteiger partial charge in [0.15, 0.2) is 5.69 Å². The van der Waals surface area contributed by atoms with Crippen molar-refractivity contribution in [2.45, 2.75) is 32.8 Å². The number of carbonyl (C=O) groups is 1. The van der Waals surface area contributed by atoms with Gasteiger partial charge in [-0.15, -0.1) is 0 Å². The molecule has 1 aliphatic rings. The molecule has 3 aromatic rings. The highest BCUT2D eigenvalue weighted by atomic mass is 16.3. The second-order valence-electron chi connectivity index (χ2n) is 7.26. The maximum Gasteiger partial charge on any atom is 0.274 e. The molecule has 2 N–H and O–H groups in total. The van der Waals surface area contributed by atoms with Gasteiger partial charge < -0.3 is 10.0 Å². The Hall–Kier alpha value is -2.73. The molecule has 3 heterocycles. The molecule has 0 saturated carbocycles. The Morgan fingerprint density at radius 1 is 1.30 bits per heavy atom. The highest BCUT2D eigenvalue weighted by Gasteiger charge is 2.36. The minimum Gasteiger partial charge on any atom is -0.391 e. The minimum atomic E-state index is -0.536. The van der Waals surface area contributed by atoms with Crippen LogP contribution < -0.4 is 0 Å². The number of nitrogens with zero attached hydrogens (tertiary/aromatic N) is 3. The summed E-state index contributed by atoms with van der Waals surface area (Å²) < 4.78 is 0. The number of β-amino-alcohol motifs (C(OH)–C–C–N with tert-alkyl or cyclic N) is 1. The average molecular weight is 364 g/mol. The second-order valence-corrected chi connectivity index (χ2v) is 7.26. The summed E-state index contributed by atoms with van der Waals surface area (Å²) in [6, 6.07) is 10.0. The van der Waals surface area contributed by atoms with Gasteiger partial charge in [0.25, 0.3) is 5.91 Å². The van der Waals surface area contributed by atoms with Crippen molar-refractivity contribution in [1.82, 2.24) is 20.1 Å². The molecule has 0 bridgehead atoms. The summed E-state index contributed by atoms with van der Waals surface area (Å²) in [5, 5.41) is 18.8. The Balaban J connectivity index is 1.53. The topological polar surface area (TPSA) is 82.1 Å². The number of hydrogen-bond acceptors (Lipinski definition) is 4. The number of aromatic nitrogens is 3. The van der Waals surface area contributed by atoms with Crippen LogP contribution in [-0.4, -0.2) is 50.3 Å². The monoisotopic (exact) mass is 364 g/mol. The SMILES string of the molecule is CCc1[nH]nc(C(=O)N2CC(O)C(Cc3ccnc4ccccc34)C2)c1C. The third kappa shape index (κ3) is 3.21. The highest BCUT2D eigenvalue weighted by molar-refractivity contribution is 5.94. The quantitative estimate of drug-likeness (QED) is 0.745. The second kappa shape index (κ2) is 7.12. The van der Waals surface area contributed by atoms with Crippen molar-refractivity contribution in [3.8, 4) is 0 Å². The summed E-state index contributed by atoms with van der Waals surface area (Å²) >= 11 is 0. The fourth-order valence-corrected chi connectivity index (χ4v) is 3.97. The number of para-hydroxylation sites is 1. The number of aliphatic hydroxyl groups excluding tert-OH is 1. The van der Waals surface area contributed by atoms with Crippen LogP contribution in [0.3, 0.4) is 0 Å².